The van der Waals surface area contributed by atoms with Crippen LogP contribution in [0.3, 0.4) is 0 Å². The van der Waals surface area contributed by atoms with E-state index in [0.29, 0.717) is 0 Å². The number of hydrogen-bond acceptors (Lipinski definition) is 1. The summed E-state index contributed by atoms with van der Waals surface area (Å²) in [4.78, 5) is 13.7. The van der Waals surface area contributed by atoms with Gasteiger partial charge in [-0.1, -0.05) is 18.2 Å². The highest BCUT2D eigenvalue weighted by Gasteiger charge is 1.97. The van der Waals surface area contributed by atoms with Crippen molar-refractivity contribution >= 4 is 22.9 Å². The fourth-order valence-electron chi connectivity index (χ4n) is 1.42. The molecule has 14 heavy (non-hydrogen) atoms. The summed E-state index contributed by atoms with van der Waals surface area (Å²) >= 11 is 0. The predicted octanol–water partition coefficient (Wildman–Crippen LogP) is 1.67. The quantitative estimate of drug-likeness (QED) is 0.688. The van der Waals surface area contributed by atoms with E-state index in [1.807, 2.05) is 30.5 Å². The number of amides is 1. The van der Waals surface area contributed by atoms with E-state index in [2.05, 4.69) is 4.98 Å². The first kappa shape index (κ1) is 8.56. The lowest BCUT2D eigenvalue weighted by Crippen LogP contribution is -2.05. The average Bonchev–Trinajstić information content (AvgIpc) is 2.62. The fourth-order valence-corrected chi connectivity index (χ4v) is 1.42. The van der Waals surface area contributed by atoms with Crippen LogP contribution in [0.1, 0.15) is 5.56 Å². The summed E-state index contributed by atoms with van der Waals surface area (Å²) in [5, 5.41) is 1.12. The molecular weight excluding hydrogens is 176 g/mol. The molecule has 0 radical (unpaired) electrons. The Morgan fingerprint density at radius 3 is 3.00 bits per heavy atom. The number of carbonyl (C=O) groups excluding carboxylic acids is 1. The number of nitrogens with two attached hydrogens (primary N) is 1. The third-order valence-corrected chi connectivity index (χ3v) is 2.05. The molecule has 0 saturated carbocycles. The minimum absolute atomic E-state index is 0.437. The van der Waals surface area contributed by atoms with E-state index in [9.17, 15) is 4.79 Å². The molecule has 70 valence electrons. The molecule has 3 nitrogen and oxygen atoms in total. The summed E-state index contributed by atoms with van der Waals surface area (Å²) in [5.74, 6) is -0.437. The third-order valence-electron chi connectivity index (χ3n) is 2.05. The van der Waals surface area contributed by atoms with E-state index in [4.69, 9.17) is 5.73 Å². The summed E-state index contributed by atoms with van der Waals surface area (Å²) in [6, 6.07) is 7.86. The molecule has 1 amide bonds. The Morgan fingerprint density at radius 1 is 1.36 bits per heavy atom. The Morgan fingerprint density at radius 2 is 2.21 bits per heavy atom. The lowest BCUT2D eigenvalue weighted by Gasteiger charge is -1.95. The van der Waals surface area contributed by atoms with Crippen LogP contribution in [0.25, 0.3) is 17.0 Å². The molecule has 0 unspecified atom stereocenters. The monoisotopic (exact) mass is 186 g/mol. The number of H-pyrrole nitrogens is 1. The largest absolute Gasteiger partial charge is 0.366 e. The first-order valence-electron chi connectivity index (χ1n) is 4.31. The number of carbonyl (C=O) groups is 1. The molecule has 0 spiro atoms. The number of benzene rings is 1. The lowest BCUT2D eigenvalue weighted by molar-refractivity contribution is -0.113. The van der Waals surface area contributed by atoms with Crippen molar-refractivity contribution in [3.05, 3.63) is 42.1 Å². The zero-order valence-corrected chi connectivity index (χ0v) is 7.53. The number of nitrogens with one attached hydrogen (secondary N) is 1. The molecule has 1 aromatic heterocycles. The number of fused-ring (bicyclic) bond motifs is 1. The maximum atomic E-state index is 10.6. The Labute approximate surface area is 81.2 Å². The van der Waals surface area contributed by atoms with Crippen LogP contribution >= 0.6 is 0 Å². The van der Waals surface area contributed by atoms with Crippen LogP contribution in [0.4, 0.5) is 0 Å². The summed E-state index contributed by atoms with van der Waals surface area (Å²) in [6.07, 6.45) is 4.93. The topological polar surface area (TPSA) is 58.9 Å². The molecule has 0 aliphatic heterocycles. The van der Waals surface area contributed by atoms with E-state index in [-0.39, 0.29) is 0 Å². The highest BCUT2D eigenvalue weighted by atomic mass is 16.1. The van der Waals surface area contributed by atoms with Crippen molar-refractivity contribution in [1.29, 1.82) is 0 Å². The van der Waals surface area contributed by atoms with Gasteiger partial charge in [0.25, 0.3) is 0 Å². The van der Waals surface area contributed by atoms with Crippen LogP contribution in [0.2, 0.25) is 0 Å². The van der Waals surface area contributed by atoms with Crippen LogP contribution in [-0.4, -0.2) is 10.9 Å². The maximum Gasteiger partial charge on any atom is 0.241 e. The number of rotatable bonds is 2. The molecule has 0 aliphatic carbocycles. The van der Waals surface area contributed by atoms with E-state index in [1.165, 1.54) is 6.08 Å². The molecule has 1 heterocycles. The number of para-hydroxylation sites is 1. The number of hydrogen-bond donors (Lipinski definition) is 2. The molecule has 1 aromatic carbocycles. The molecule has 0 fully saturated rings. The molecule has 0 bridgehead atoms. The zero-order chi connectivity index (χ0) is 9.97. The SMILES string of the molecule is NC(=O)/C=C/c1cccc2cc[nH]c12. The van der Waals surface area contributed by atoms with Crippen LogP contribution in [0.15, 0.2) is 36.5 Å². The second-order valence-corrected chi connectivity index (χ2v) is 3.02. The first-order chi connectivity index (χ1) is 6.77. The van der Waals surface area contributed by atoms with Crippen LogP contribution in [0.5, 0.6) is 0 Å². The molecular formula is C11H10N2O. The van der Waals surface area contributed by atoms with Gasteiger partial charge in [0.15, 0.2) is 0 Å². The Balaban J connectivity index is 2.51. The van der Waals surface area contributed by atoms with Crippen molar-refractivity contribution in [2.45, 2.75) is 0 Å². The standard InChI is InChI=1S/C11H10N2O/c12-10(14)5-4-8-2-1-3-9-6-7-13-11(8)9/h1-7,13H,(H2,12,14)/b5-4+. The van der Waals surface area contributed by atoms with Crippen molar-refractivity contribution in [2.75, 3.05) is 0 Å². The van der Waals surface area contributed by atoms with Crippen molar-refractivity contribution < 1.29 is 4.79 Å². The maximum absolute atomic E-state index is 10.6. The minimum atomic E-state index is -0.437. The van der Waals surface area contributed by atoms with Crippen molar-refractivity contribution in [3.63, 3.8) is 0 Å². The second kappa shape index (κ2) is 3.38. The van der Waals surface area contributed by atoms with Gasteiger partial charge in [0.05, 0.1) is 5.52 Å². The first-order valence-corrected chi connectivity index (χ1v) is 4.31. The van der Waals surface area contributed by atoms with Crippen molar-refractivity contribution in [3.8, 4) is 0 Å². The normalized spacial score (nSPS) is 11.1. The van der Waals surface area contributed by atoms with Crippen molar-refractivity contribution in [2.24, 2.45) is 5.73 Å². The van der Waals surface area contributed by atoms with Gasteiger partial charge in [0.2, 0.25) is 5.91 Å². The van der Waals surface area contributed by atoms with Gasteiger partial charge < -0.3 is 10.7 Å². The van der Waals surface area contributed by atoms with E-state index in [0.717, 1.165) is 16.5 Å². The lowest BCUT2D eigenvalue weighted by atomic mass is 10.1. The Bertz CT molecular complexity index is 497. The number of aromatic amines is 1. The zero-order valence-electron chi connectivity index (χ0n) is 7.53. The molecule has 2 aromatic rings. The number of aromatic nitrogens is 1. The van der Waals surface area contributed by atoms with Crippen LogP contribution in [-0.2, 0) is 4.79 Å². The number of primary amides is 1. The summed E-state index contributed by atoms with van der Waals surface area (Å²) in [7, 11) is 0. The minimum Gasteiger partial charge on any atom is -0.366 e. The van der Waals surface area contributed by atoms with Crippen molar-refractivity contribution in [1.82, 2.24) is 4.98 Å². The van der Waals surface area contributed by atoms with Gasteiger partial charge in [-0.05, 0) is 23.1 Å². The van der Waals surface area contributed by atoms with E-state index < -0.39 is 5.91 Å². The van der Waals surface area contributed by atoms with E-state index in [1.54, 1.807) is 6.08 Å². The summed E-state index contributed by atoms with van der Waals surface area (Å²) < 4.78 is 0. The van der Waals surface area contributed by atoms with Gasteiger partial charge in [-0.25, -0.2) is 0 Å². The molecule has 0 saturated heterocycles. The summed E-state index contributed by atoms with van der Waals surface area (Å²) in [5.41, 5.74) is 7.01. The van der Waals surface area contributed by atoms with E-state index >= 15 is 0 Å². The molecule has 0 atom stereocenters. The third kappa shape index (κ3) is 1.52. The molecule has 3 N–H and O–H groups in total. The van der Waals surface area contributed by atoms with Gasteiger partial charge in [-0.3, -0.25) is 4.79 Å². The molecule has 0 aliphatic rings. The van der Waals surface area contributed by atoms with Gasteiger partial charge in [0.1, 0.15) is 0 Å². The predicted molar refractivity (Wildman–Crippen MR) is 56.5 cm³/mol. The van der Waals surface area contributed by atoms with Crippen LogP contribution < -0.4 is 5.73 Å². The molecule has 2 rings (SSSR count). The van der Waals surface area contributed by atoms with Gasteiger partial charge in [-0.15, -0.1) is 0 Å². The van der Waals surface area contributed by atoms with Gasteiger partial charge >= 0.3 is 0 Å². The molecule has 3 heteroatoms. The smallest absolute Gasteiger partial charge is 0.241 e. The van der Waals surface area contributed by atoms with Gasteiger partial charge in [0, 0.05) is 12.3 Å². The Kier molecular flexibility index (Phi) is 2.07. The van der Waals surface area contributed by atoms with Crippen LogP contribution in [0, 0.1) is 0 Å². The summed E-state index contributed by atoms with van der Waals surface area (Å²) in [6.45, 7) is 0. The Hall–Kier alpha value is -2.03. The second-order valence-electron chi connectivity index (χ2n) is 3.02. The highest BCUT2D eigenvalue weighted by Crippen LogP contribution is 2.17. The fraction of sp³-hybridized carbons (Fsp3) is 0. The average molecular weight is 186 g/mol. The van der Waals surface area contributed by atoms with Gasteiger partial charge in [-0.2, -0.15) is 0 Å². The highest BCUT2D eigenvalue weighted by molar-refractivity contribution is 5.94.